The summed E-state index contributed by atoms with van der Waals surface area (Å²) in [4.78, 5) is 0. The van der Waals surface area contributed by atoms with E-state index in [0.717, 1.165) is 5.56 Å². The second kappa shape index (κ2) is 6.35. The summed E-state index contributed by atoms with van der Waals surface area (Å²) in [5.74, 6) is -0.234. The zero-order valence-electron chi connectivity index (χ0n) is 8.34. The lowest BCUT2D eigenvalue weighted by Gasteiger charge is -2.01. The van der Waals surface area contributed by atoms with Crippen molar-refractivity contribution in [3.8, 4) is 0 Å². The normalized spacial score (nSPS) is 9.06. The van der Waals surface area contributed by atoms with Crippen LogP contribution in [-0.4, -0.2) is 9.78 Å². The van der Waals surface area contributed by atoms with Crippen molar-refractivity contribution in [2.45, 2.75) is 6.54 Å². The van der Waals surface area contributed by atoms with Gasteiger partial charge in [0.25, 0.3) is 0 Å². The maximum atomic E-state index is 12.8. The fraction of sp³-hybridized carbons (Fsp3) is 0.100. The molecular formula is C10H12Cl2FN3. The highest BCUT2D eigenvalue weighted by Crippen LogP contribution is 2.06. The molecule has 0 aliphatic heterocycles. The second-order valence-electron chi connectivity index (χ2n) is 3.10. The molecule has 0 unspecified atom stereocenters. The molecular weight excluding hydrogens is 252 g/mol. The Balaban J connectivity index is 0.00000112. The number of anilines is 1. The van der Waals surface area contributed by atoms with Gasteiger partial charge >= 0.3 is 0 Å². The molecule has 6 heteroatoms. The van der Waals surface area contributed by atoms with Gasteiger partial charge in [0.05, 0.1) is 18.4 Å². The van der Waals surface area contributed by atoms with Crippen LogP contribution in [0.2, 0.25) is 0 Å². The van der Waals surface area contributed by atoms with Crippen LogP contribution in [0.25, 0.3) is 0 Å². The summed E-state index contributed by atoms with van der Waals surface area (Å²) in [5, 5.41) is 4.01. The average Bonchev–Trinajstić information content (AvgIpc) is 2.51. The molecule has 0 radical (unpaired) electrons. The summed E-state index contributed by atoms with van der Waals surface area (Å²) in [6.07, 6.45) is 3.28. The topological polar surface area (TPSA) is 43.8 Å². The minimum atomic E-state index is -0.234. The third kappa shape index (κ3) is 3.72. The van der Waals surface area contributed by atoms with Crippen LogP contribution in [0.15, 0.2) is 36.7 Å². The highest BCUT2D eigenvalue weighted by atomic mass is 35.5. The van der Waals surface area contributed by atoms with Gasteiger partial charge in [0, 0.05) is 6.20 Å². The molecule has 1 aromatic heterocycles. The Kier molecular flexibility index (Phi) is 5.85. The number of nitrogen functional groups attached to an aromatic ring is 1. The molecule has 3 nitrogen and oxygen atoms in total. The molecule has 0 saturated heterocycles. The number of hydrogen-bond donors (Lipinski definition) is 1. The predicted molar refractivity (Wildman–Crippen MR) is 66.6 cm³/mol. The van der Waals surface area contributed by atoms with Crippen molar-refractivity contribution in [3.63, 3.8) is 0 Å². The predicted octanol–water partition coefficient (Wildman–Crippen LogP) is 2.50. The number of hydrogen-bond acceptors (Lipinski definition) is 2. The van der Waals surface area contributed by atoms with E-state index in [9.17, 15) is 4.39 Å². The Morgan fingerprint density at radius 1 is 1.31 bits per heavy atom. The Bertz CT molecular complexity index is 445. The van der Waals surface area contributed by atoms with E-state index >= 15 is 0 Å². The maximum Gasteiger partial charge on any atom is 0.123 e. The van der Waals surface area contributed by atoms with E-state index in [1.54, 1.807) is 23.1 Å². The van der Waals surface area contributed by atoms with Gasteiger partial charge in [0.15, 0.2) is 0 Å². The van der Waals surface area contributed by atoms with Crippen LogP contribution < -0.4 is 5.73 Å². The van der Waals surface area contributed by atoms with Gasteiger partial charge in [-0.1, -0.05) is 12.1 Å². The Labute approximate surface area is 105 Å². The number of nitrogens with zero attached hydrogens (tertiary/aromatic N) is 2. The van der Waals surface area contributed by atoms with Crippen molar-refractivity contribution >= 4 is 30.5 Å². The molecule has 0 aliphatic carbocycles. The summed E-state index contributed by atoms with van der Waals surface area (Å²) in [7, 11) is 0. The van der Waals surface area contributed by atoms with Crippen LogP contribution in [-0.2, 0) is 6.54 Å². The molecule has 88 valence electrons. The van der Waals surface area contributed by atoms with E-state index in [4.69, 9.17) is 5.73 Å². The van der Waals surface area contributed by atoms with E-state index in [-0.39, 0.29) is 30.6 Å². The molecule has 0 bridgehead atoms. The van der Waals surface area contributed by atoms with Crippen molar-refractivity contribution in [2.75, 3.05) is 5.73 Å². The Hall–Kier alpha value is -1.26. The highest BCUT2D eigenvalue weighted by Gasteiger charge is 1.98. The number of halogens is 3. The number of benzene rings is 1. The summed E-state index contributed by atoms with van der Waals surface area (Å²) < 4.78 is 14.5. The standard InChI is InChI=1S/C10H10FN3.2ClH/c11-9-3-1-2-8(4-9)6-14-7-10(12)5-13-14;;/h1-5,7H,6,12H2;2*1H. The number of rotatable bonds is 2. The quantitative estimate of drug-likeness (QED) is 0.905. The first kappa shape index (κ1) is 14.7. The van der Waals surface area contributed by atoms with Gasteiger partial charge in [-0.15, -0.1) is 24.8 Å². The van der Waals surface area contributed by atoms with Crippen molar-refractivity contribution < 1.29 is 4.39 Å². The van der Waals surface area contributed by atoms with Crippen molar-refractivity contribution in [1.82, 2.24) is 9.78 Å². The lowest BCUT2D eigenvalue weighted by molar-refractivity contribution is 0.619. The summed E-state index contributed by atoms with van der Waals surface area (Å²) in [6.45, 7) is 0.537. The largest absolute Gasteiger partial charge is 0.396 e. The second-order valence-corrected chi connectivity index (χ2v) is 3.10. The molecule has 1 aromatic carbocycles. The summed E-state index contributed by atoms with van der Waals surface area (Å²) in [6, 6.07) is 6.43. The molecule has 0 atom stereocenters. The monoisotopic (exact) mass is 263 g/mol. The Morgan fingerprint density at radius 2 is 2.06 bits per heavy atom. The molecule has 0 saturated carbocycles. The molecule has 0 spiro atoms. The molecule has 1 heterocycles. The molecule has 0 aliphatic rings. The van der Waals surface area contributed by atoms with Gasteiger partial charge in [0.2, 0.25) is 0 Å². The smallest absolute Gasteiger partial charge is 0.123 e. The zero-order chi connectivity index (χ0) is 9.97. The fourth-order valence-electron chi connectivity index (χ4n) is 1.29. The third-order valence-electron chi connectivity index (χ3n) is 1.89. The van der Waals surface area contributed by atoms with Gasteiger partial charge in [-0.3, -0.25) is 4.68 Å². The molecule has 0 amide bonds. The third-order valence-corrected chi connectivity index (χ3v) is 1.89. The molecule has 2 rings (SSSR count). The average molecular weight is 264 g/mol. The highest BCUT2D eigenvalue weighted by molar-refractivity contribution is 5.85. The molecule has 16 heavy (non-hydrogen) atoms. The first-order valence-corrected chi connectivity index (χ1v) is 4.26. The van der Waals surface area contributed by atoms with Gasteiger partial charge < -0.3 is 5.73 Å². The lowest BCUT2D eigenvalue weighted by atomic mass is 10.2. The Morgan fingerprint density at radius 3 is 2.62 bits per heavy atom. The molecule has 0 fully saturated rings. The number of nitrogens with two attached hydrogens (primary N) is 1. The van der Waals surface area contributed by atoms with Gasteiger partial charge in [0.1, 0.15) is 5.82 Å². The minimum absolute atomic E-state index is 0. The van der Waals surface area contributed by atoms with E-state index in [2.05, 4.69) is 5.10 Å². The van der Waals surface area contributed by atoms with Crippen LogP contribution in [0.3, 0.4) is 0 Å². The minimum Gasteiger partial charge on any atom is -0.396 e. The zero-order valence-corrected chi connectivity index (χ0v) is 9.97. The lowest BCUT2D eigenvalue weighted by Crippen LogP contribution is -1.99. The molecule has 2 N–H and O–H groups in total. The van der Waals surface area contributed by atoms with E-state index in [1.807, 2.05) is 6.07 Å². The van der Waals surface area contributed by atoms with Gasteiger partial charge in [-0.25, -0.2) is 4.39 Å². The van der Waals surface area contributed by atoms with Crippen molar-refractivity contribution in [3.05, 3.63) is 48.0 Å². The van der Waals surface area contributed by atoms with Crippen LogP contribution >= 0.6 is 24.8 Å². The van der Waals surface area contributed by atoms with E-state index < -0.39 is 0 Å². The maximum absolute atomic E-state index is 12.8. The molecule has 2 aromatic rings. The number of aromatic nitrogens is 2. The van der Waals surface area contributed by atoms with Crippen LogP contribution in [0.4, 0.5) is 10.1 Å². The van der Waals surface area contributed by atoms with Crippen molar-refractivity contribution in [1.29, 1.82) is 0 Å². The van der Waals surface area contributed by atoms with Crippen LogP contribution in [0.5, 0.6) is 0 Å². The van der Waals surface area contributed by atoms with E-state index in [0.29, 0.717) is 12.2 Å². The van der Waals surface area contributed by atoms with Gasteiger partial charge in [-0.2, -0.15) is 5.10 Å². The van der Waals surface area contributed by atoms with E-state index in [1.165, 1.54) is 12.1 Å². The van der Waals surface area contributed by atoms with Crippen molar-refractivity contribution in [2.24, 2.45) is 0 Å². The first-order chi connectivity index (χ1) is 6.74. The first-order valence-electron chi connectivity index (χ1n) is 4.26. The summed E-state index contributed by atoms with van der Waals surface area (Å²) in [5.41, 5.74) is 6.99. The fourth-order valence-corrected chi connectivity index (χ4v) is 1.29. The SMILES string of the molecule is Cl.Cl.Nc1cnn(Cc2cccc(F)c2)c1. The van der Waals surface area contributed by atoms with Gasteiger partial charge in [-0.05, 0) is 17.7 Å². The summed E-state index contributed by atoms with van der Waals surface area (Å²) >= 11 is 0. The van der Waals surface area contributed by atoms with Crippen LogP contribution in [0, 0.1) is 5.82 Å². The van der Waals surface area contributed by atoms with Crippen LogP contribution in [0.1, 0.15) is 5.56 Å².